The first-order chi connectivity index (χ1) is 7.72. The maximum Gasteiger partial charge on any atom is 0.192 e. The molecule has 2 aliphatic carbocycles. The molecule has 0 N–H and O–H groups in total. The van der Waals surface area contributed by atoms with Gasteiger partial charge in [0.25, 0.3) is 0 Å². The van der Waals surface area contributed by atoms with Crippen LogP contribution < -0.4 is 0 Å². The summed E-state index contributed by atoms with van der Waals surface area (Å²) in [4.78, 5) is 12.0. The van der Waals surface area contributed by atoms with Gasteiger partial charge in [-0.25, -0.2) is 0 Å². The van der Waals surface area contributed by atoms with E-state index in [1.807, 2.05) is 0 Å². The molecular formula is C14H24O2Si. The van der Waals surface area contributed by atoms with Crippen molar-refractivity contribution >= 4 is 14.1 Å². The molecule has 3 atom stereocenters. The van der Waals surface area contributed by atoms with Crippen molar-refractivity contribution in [2.75, 3.05) is 6.61 Å². The molecule has 2 nitrogen and oxygen atoms in total. The Morgan fingerprint density at radius 3 is 2.47 bits per heavy atom. The van der Waals surface area contributed by atoms with E-state index in [4.69, 9.17) is 4.43 Å². The Bertz CT molecular complexity index is 352. The summed E-state index contributed by atoms with van der Waals surface area (Å²) in [6.45, 7) is 11.9. The summed E-state index contributed by atoms with van der Waals surface area (Å²) < 4.78 is 6.19. The van der Waals surface area contributed by atoms with E-state index in [2.05, 4.69) is 46.0 Å². The lowest BCUT2D eigenvalue weighted by Gasteiger charge is -2.37. The predicted octanol–water partition coefficient (Wildman–Crippen LogP) is 3.40. The van der Waals surface area contributed by atoms with Crippen molar-refractivity contribution in [3.05, 3.63) is 12.2 Å². The number of hydrogen-bond acceptors (Lipinski definition) is 2. The summed E-state index contributed by atoms with van der Waals surface area (Å²) >= 11 is 0. The first-order valence-electron chi connectivity index (χ1n) is 6.58. The van der Waals surface area contributed by atoms with E-state index in [9.17, 15) is 4.79 Å². The van der Waals surface area contributed by atoms with Crippen LogP contribution in [0.5, 0.6) is 0 Å². The molecular weight excluding hydrogens is 228 g/mol. The lowest BCUT2D eigenvalue weighted by molar-refractivity contribution is -0.124. The average molecular weight is 252 g/mol. The molecule has 17 heavy (non-hydrogen) atoms. The van der Waals surface area contributed by atoms with Crippen LogP contribution in [0, 0.1) is 17.8 Å². The third-order valence-corrected chi connectivity index (χ3v) is 9.30. The van der Waals surface area contributed by atoms with Crippen LogP contribution in [0.3, 0.4) is 0 Å². The highest BCUT2D eigenvalue weighted by Crippen LogP contribution is 2.42. The topological polar surface area (TPSA) is 26.3 Å². The highest BCUT2D eigenvalue weighted by atomic mass is 28.4. The SMILES string of the molecule is CC(C)(C)[Si](C)(C)OC[C@@H]1C(=O)[C@@H]2C=C[C@H]1C2. The van der Waals surface area contributed by atoms with Crippen LogP contribution in [0.15, 0.2) is 12.2 Å². The van der Waals surface area contributed by atoms with E-state index in [0.29, 0.717) is 18.3 Å². The second-order valence-electron chi connectivity index (χ2n) is 6.97. The van der Waals surface area contributed by atoms with E-state index in [1.54, 1.807) is 0 Å². The van der Waals surface area contributed by atoms with Gasteiger partial charge in [0.1, 0.15) is 5.78 Å². The van der Waals surface area contributed by atoms with Crippen LogP contribution in [-0.4, -0.2) is 20.7 Å². The number of carbonyl (C=O) groups is 1. The van der Waals surface area contributed by atoms with Gasteiger partial charge in [0, 0.05) is 18.4 Å². The van der Waals surface area contributed by atoms with Crippen molar-refractivity contribution < 1.29 is 9.22 Å². The largest absolute Gasteiger partial charge is 0.416 e. The molecule has 2 rings (SSSR count). The molecule has 0 aromatic carbocycles. The second-order valence-corrected chi connectivity index (χ2v) is 11.8. The molecule has 96 valence electrons. The van der Waals surface area contributed by atoms with Gasteiger partial charge in [0.15, 0.2) is 8.32 Å². The Kier molecular flexibility index (Phi) is 3.11. The minimum atomic E-state index is -1.71. The second kappa shape index (κ2) is 4.06. The summed E-state index contributed by atoms with van der Waals surface area (Å²) in [5, 5.41) is 0.226. The van der Waals surface area contributed by atoms with Gasteiger partial charge in [0.2, 0.25) is 0 Å². The first kappa shape index (κ1) is 13.0. The highest BCUT2D eigenvalue weighted by molar-refractivity contribution is 6.74. The standard InChI is InChI=1S/C14H24O2Si/c1-14(2,3)17(4,5)16-9-12-10-6-7-11(8-10)13(12)15/h6-7,10-12H,8-9H2,1-5H3/t10-,11+,12-/m0/s1. The van der Waals surface area contributed by atoms with Gasteiger partial charge < -0.3 is 4.43 Å². The first-order valence-corrected chi connectivity index (χ1v) is 9.49. The van der Waals surface area contributed by atoms with Gasteiger partial charge >= 0.3 is 0 Å². The Morgan fingerprint density at radius 1 is 1.35 bits per heavy atom. The summed E-state index contributed by atoms with van der Waals surface area (Å²) in [5.41, 5.74) is 0. The number of Topliss-reactive ketones (excluding diaryl/α,β-unsaturated/α-hetero) is 1. The molecule has 2 bridgehead atoms. The minimum Gasteiger partial charge on any atom is -0.416 e. The predicted molar refractivity (Wildman–Crippen MR) is 72.4 cm³/mol. The Balaban J connectivity index is 1.96. The molecule has 3 heteroatoms. The van der Waals surface area contributed by atoms with Crippen molar-refractivity contribution in [1.82, 2.24) is 0 Å². The molecule has 0 saturated heterocycles. The lowest BCUT2D eigenvalue weighted by atomic mass is 9.93. The number of hydrogen-bond donors (Lipinski definition) is 0. The fourth-order valence-corrected chi connectivity index (χ4v) is 3.47. The van der Waals surface area contributed by atoms with Gasteiger partial charge in [-0.15, -0.1) is 0 Å². The van der Waals surface area contributed by atoms with Crippen LogP contribution in [0.4, 0.5) is 0 Å². The van der Waals surface area contributed by atoms with Crippen LogP contribution in [0.2, 0.25) is 18.1 Å². The van der Waals surface area contributed by atoms with E-state index in [0.717, 1.165) is 6.42 Å². The molecule has 0 unspecified atom stereocenters. The van der Waals surface area contributed by atoms with E-state index in [-0.39, 0.29) is 16.9 Å². The number of carbonyl (C=O) groups excluding carboxylic acids is 1. The number of allylic oxidation sites excluding steroid dienone is 2. The maximum absolute atomic E-state index is 12.0. The van der Waals surface area contributed by atoms with Crippen molar-refractivity contribution in [1.29, 1.82) is 0 Å². The van der Waals surface area contributed by atoms with E-state index in [1.165, 1.54) is 0 Å². The van der Waals surface area contributed by atoms with Gasteiger partial charge in [-0.3, -0.25) is 4.79 Å². The van der Waals surface area contributed by atoms with Crippen LogP contribution in [0.1, 0.15) is 27.2 Å². The van der Waals surface area contributed by atoms with Gasteiger partial charge in [-0.2, -0.15) is 0 Å². The molecule has 1 fully saturated rings. The molecule has 0 aromatic rings. The summed E-state index contributed by atoms with van der Waals surface area (Å²) in [6, 6.07) is 0. The summed E-state index contributed by atoms with van der Waals surface area (Å²) in [5.74, 6) is 1.21. The lowest BCUT2D eigenvalue weighted by Crippen LogP contribution is -2.43. The molecule has 0 aliphatic heterocycles. The van der Waals surface area contributed by atoms with Gasteiger partial charge in [0.05, 0.1) is 0 Å². The van der Waals surface area contributed by atoms with Crippen LogP contribution in [-0.2, 0) is 9.22 Å². The quantitative estimate of drug-likeness (QED) is 0.568. The zero-order chi connectivity index (χ0) is 12.8. The van der Waals surface area contributed by atoms with Gasteiger partial charge in [-0.1, -0.05) is 32.9 Å². The normalized spacial score (nSPS) is 32.5. The number of ketones is 1. The minimum absolute atomic E-state index is 0.138. The molecule has 0 heterocycles. The zero-order valence-electron chi connectivity index (χ0n) is 11.6. The van der Waals surface area contributed by atoms with Crippen molar-refractivity contribution in [3.8, 4) is 0 Å². The zero-order valence-corrected chi connectivity index (χ0v) is 12.6. The highest BCUT2D eigenvalue weighted by Gasteiger charge is 2.45. The Morgan fingerprint density at radius 2 is 2.00 bits per heavy atom. The van der Waals surface area contributed by atoms with E-state index < -0.39 is 8.32 Å². The molecule has 2 aliphatic rings. The van der Waals surface area contributed by atoms with Crippen LogP contribution >= 0.6 is 0 Å². The van der Waals surface area contributed by atoms with E-state index >= 15 is 0 Å². The average Bonchev–Trinajstić information content (AvgIpc) is 2.74. The van der Waals surface area contributed by atoms with Crippen molar-refractivity contribution in [2.24, 2.45) is 17.8 Å². The Hall–Kier alpha value is -0.413. The summed E-state index contributed by atoms with van der Waals surface area (Å²) in [7, 11) is -1.71. The smallest absolute Gasteiger partial charge is 0.192 e. The fourth-order valence-electron chi connectivity index (χ4n) is 2.44. The Labute approximate surface area is 106 Å². The van der Waals surface area contributed by atoms with Crippen molar-refractivity contribution in [2.45, 2.75) is 45.3 Å². The molecule has 1 saturated carbocycles. The molecule has 0 radical (unpaired) electrons. The third-order valence-electron chi connectivity index (χ3n) is 4.79. The number of rotatable bonds is 3. The monoisotopic (exact) mass is 252 g/mol. The third kappa shape index (κ3) is 2.27. The van der Waals surface area contributed by atoms with Crippen molar-refractivity contribution in [3.63, 3.8) is 0 Å². The molecule has 0 aromatic heterocycles. The molecule has 0 amide bonds. The number of fused-ring (bicyclic) bond motifs is 2. The maximum atomic E-state index is 12.0. The molecule has 0 spiro atoms. The summed E-state index contributed by atoms with van der Waals surface area (Å²) in [6.07, 6.45) is 5.33. The van der Waals surface area contributed by atoms with Crippen LogP contribution in [0.25, 0.3) is 0 Å². The fraction of sp³-hybridized carbons (Fsp3) is 0.786. The van der Waals surface area contributed by atoms with Gasteiger partial charge in [-0.05, 0) is 30.5 Å².